The summed E-state index contributed by atoms with van der Waals surface area (Å²) in [5.74, 6) is 0.537. The van der Waals surface area contributed by atoms with Gasteiger partial charge in [0.15, 0.2) is 0 Å². The number of allylic oxidation sites excluding steroid dienone is 1. The molecule has 1 saturated carbocycles. The molecule has 0 aliphatic heterocycles. The first-order chi connectivity index (χ1) is 13.2. The third kappa shape index (κ3) is 5.58. The Morgan fingerprint density at radius 1 is 1.22 bits per heavy atom. The monoisotopic (exact) mass is 371 g/mol. The number of ether oxygens (including phenoxy) is 2. The van der Waals surface area contributed by atoms with E-state index in [4.69, 9.17) is 9.47 Å². The number of nitrogens with one attached hydrogen (secondary N) is 1. The van der Waals surface area contributed by atoms with E-state index in [1.165, 1.54) is 30.2 Å². The van der Waals surface area contributed by atoms with E-state index in [9.17, 15) is 4.79 Å². The van der Waals surface area contributed by atoms with Crippen LogP contribution >= 0.6 is 0 Å². The Labute approximate surface area is 163 Å². The number of benzene rings is 1. The molecule has 148 valence electrons. The topological polar surface area (TPSA) is 47.6 Å². The van der Waals surface area contributed by atoms with Gasteiger partial charge in [0.2, 0.25) is 0 Å². The van der Waals surface area contributed by atoms with Gasteiger partial charge in [-0.1, -0.05) is 43.7 Å². The van der Waals surface area contributed by atoms with Crippen molar-refractivity contribution in [3.8, 4) is 0 Å². The molecule has 2 unspecified atom stereocenters. The van der Waals surface area contributed by atoms with Crippen molar-refractivity contribution in [2.24, 2.45) is 0 Å². The molecule has 2 aliphatic rings. The summed E-state index contributed by atoms with van der Waals surface area (Å²) in [6.07, 6.45) is 13.1. The van der Waals surface area contributed by atoms with Gasteiger partial charge in [-0.15, -0.1) is 0 Å². The molecule has 1 aromatic carbocycles. The predicted octanol–water partition coefficient (Wildman–Crippen LogP) is 4.91. The molecular weight excluding hydrogens is 338 g/mol. The fourth-order valence-electron chi connectivity index (χ4n) is 4.32. The maximum atomic E-state index is 11.4. The minimum Gasteiger partial charge on any atom is -0.453 e. The molecule has 2 aliphatic carbocycles. The normalized spacial score (nSPS) is 24.7. The van der Waals surface area contributed by atoms with Crippen molar-refractivity contribution in [2.75, 3.05) is 13.7 Å². The first-order valence-corrected chi connectivity index (χ1v) is 10.4. The average Bonchev–Trinajstić information content (AvgIpc) is 3.15. The van der Waals surface area contributed by atoms with Crippen LogP contribution in [-0.4, -0.2) is 32.0 Å². The molecule has 1 amide bonds. The Kier molecular flexibility index (Phi) is 7.33. The second-order valence-electron chi connectivity index (χ2n) is 7.83. The molecule has 27 heavy (non-hydrogen) atoms. The predicted molar refractivity (Wildman–Crippen MR) is 108 cm³/mol. The summed E-state index contributed by atoms with van der Waals surface area (Å²) >= 11 is 0. The summed E-state index contributed by atoms with van der Waals surface area (Å²) in [4.78, 5) is 11.4. The molecule has 0 aromatic heterocycles. The number of carbonyl (C=O) groups is 1. The Balaban J connectivity index is 1.52. The van der Waals surface area contributed by atoms with Gasteiger partial charge in [-0.05, 0) is 67.6 Å². The van der Waals surface area contributed by atoms with E-state index in [2.05, 4.69) is 42.6 Å². The number of aryl methyl sites for hydroxylation is 1. The molecule has 1 N–H and O–H groups in total. The fourth-order valence-corrected chi connectivity index (χ4v) is 4.32. The number of rotatable bonds is 7. The zero-order valence-electron chi connectivity index (χ0n) is 16.7. The van der Waals surface area contributed by atoms with Crippen LogP contribution in [0, 0.1) is 0 Å². The summed E-state index contributed by atoms with van der Waals surface area (Å²) in [7, 11) is 1.42. The van der Waals surface area contributed by atoms with E-state index in [0.717, 1.165) is 51.6 Å². The van der Waals surface area contributed by atoms with Gasteiger partial charge in [-0.25, -0.2) is 4.79 Å². The van der Waals surface area contributed by atoms with Crippen LogP contribution < -0.4 is 5.32 Å². The number of unbranched alkanes of at least 4 members (excludes halogenated alkanes) is 1. The lowest BCUT2D eigenvalue weighted by atomic mass is 9.86. The lowest BCUT2D eigenvalue weighted by Crippen LogP contribution is -2.32. The highest BCUT2D eigenvalue weighted by Crippen LogP contribution is 2.36. The zero-order chi connectivity index (χ0) is 19.1. The Morgan fingerprint density at radius 3 is 2.93 bits per heavy atom. The van der Waals surface area contributed by atoms with Gasteiger partial charge in [-0.2, -0.15) is 0 Å². The van der Waals surface area contributed by atoms with Crippen molar-refractivity contribution < 1.29 is 14.3 Å². The van der Waals surface area contributed by atoms with E-state index in [0.29, 0.717) is 12.0 Å². The van der Waals surface area contributed by atoms with Crippen LogP contribution in [0.4, 0.5) is 4.79 Å². The van der Waals surface area contributed by atoms with Crippen molar-refractivity contribution >= 4 is 6.09 Å². The standard InChI is InChI=1S/C23H33NO3/c1-3-4-5-6-13-27-22-12-10-18-14-17(7-8-20(18)16-22)19-9-11-21(15-19)24-23(25)26-2/h5-8,14,19,21-22H,3-4,9-13,15-16H2,1-2H3,(H,24,25)/b6-5-/t19?,21?,22-/m0/s1. The fraction of sp³-hybridized carbons (Fsp3) is 0.609. The van der Waals surface area contributed by atoms with Crippen molar-refractivity contribution in [2.45, 2.75) is 76.4 Å². The maximum Gasteiger partial charge on any atom is 0.407 e. The number of hydrogen-bond acceptors (Lipinski definition) is 3. The molecule has 4 nitrogen and oxygen atoms in total. The number of methoxy groups -OCH3 is 1. The Bertz CT molecular complexity index is 655. The van der Waals surface area contributed by atoms with Crippen LogP contribution in [0.25, 0.3) is 0 Å². The average molecular weight is 372 g/mol. The molecule has 1 aromatic rings. The van der Waals surface area contributed by atoms with Crippen molar-refractivity contribution in [1.29, 1.82) is 0 Å². The molecule has 0 radical (unpaired) electrons. The summed E-state index contributed by atoms with van der Waals surface area (Å²) < 4.78 is 10.8. The molecule has 0 spiro atoms. The number of carbonyl (C=O) groups excluding carboxylic acids is 1. The van der Waals surface area contributed by atoms with Gasteiger partial charge in [-0.3, -0.25) is 0 Å². The highest BCUT2D eigenvalue weighted by molar-refractivity contribution is 5.67. The van der Waals surface area contributed by atoms with E-state index >= 15 is 0 Å². The van der Waals surface area contributed by atoms with Crippen LogP contribution in [-0.2, 0) is 22.3 Å². The second-order valence-corrected chi connectivity index (χ2v) is 7.83. The van der Waals surface area contributed by atoms with Gasteiger partial charge >= 0.3 is 6.09 Å². The lowest BCUT2D eigenvalue weighted by Gasteiger charge is -2.25. The molecule has 0 heterocycles. The zero-order valence-corrected chi connectivity index (χ0v) is 16.7. The SMILES string of the molecule is CCC/C=C\CO[C@H]1CCc2cc(C3CCC(NC(=O)OC)C3)ccc2C1. The van der Waals surface area contributed by atoms with Crippen LogP contribution in [0.3, 0.4) is 0 Å². The van der Waals surface area contributed by atoms with Crippen LogP contribution in [0.1, 0.15) is 68.1 Å². The number of amides is 1. The molecule has 4 heteroatoms. The number of fused-ring (bicyclic) bond motifs is 1. The van der Waals surface area contributed by atoms with Gasteiger partial charge < -0.3 is 14.8 Å². The van der Waals surface area contributed by atoms with Gasteiger partial charge in [0.05, 0.1) is 19.8 Å². The third-order valence-electron chi connectivity index (χ3n) is 5.88. The van der Waals surface area contributed by atoms with E-state index in [1.807, 2.05) is 0 Å². The number of alkyl carbamates (subject to hydrolysis) is 1. The minimum atomic E-state index is -0.318. The summed E-state index contributed by atoms with van der Waals surface area (Å²) in [5.41, 5.74) is 4.35. The van der Waals surface area contributed by atoms with Crippen LogP contribution in [0.5, 0.6) is 0 Å². The smallest absolute Gasteiger partial charge is 0.407 e. The molecular formula is C23H33NO3. The van der Waals surface area contributed by atoms with E-state index in [1.54, 1.807) is 0 Å². The highest BCUT2D eigenvalue weighted by Gasteiger charge is 2.28. The van der Waals surface area contributed by atoms with Gasteiger partial charge in [0.25, 0.3) is 0 Å². The molecule has 3 atom stereocenters. The van der Waals surface area contributed by atoms with Crippen molar-refractivity contribution in [3.05, 3.63) is 47.0 Å². The summed E-state index contributed by atoms with van der Waals surface area (Å²) in [6, 6.07) is 7.22. The maximum absolute atomic E-state index is 11.4. The minimum absolute atomic E-state index is 0.233. The van der Waals surface area contributed by atoms with Crippen LogP contribution in [0.2, 0.25) is 0 Å². The molecule has 0 bridgehead atoms. The van der Waals surface area contributed by atoms with Gasteiger partial charge in [0.1, 0.15) is 0 Å². The Morgan fingerprint density at radius 2 is 2.11 bits per heavy atom. The van der Waals surface area contributed by atoms with Crippen LogP contribution in [0.15, 0.2) is 30.4 Å². The molecule has 1 fully saturated rings. The number of hydrogen-bond donors (Lipinski definition) is 1. The summed E-state index contributed by atoms with van der Waals surface area (Å²) in [5, 5.41) is 2.95. The molecule has 0 saturated heterocycles. The van der Waals surface area contributed by atoms with Crippen molar-refractivity contribution in [1.82, 2.24) is 5.32 Å². The Hall–Kier alpha value is -1.81. The lowest BCUT2D eigenvalue weighted by molar-refractivity contribution is 0.0641. The van der Waals surface area contributed by atoms with Crippen molar-refractivity contribution in [3.63, 3.8) is 0 Å². The second kappa shape index (κ2) is 9.93. The first-order valence-electron chi connectivity index (χ1n) is 10.4. The molecule has 3 rings (SSSR count). The largest absolute Gasteiger partial charge is 0.453 e. The third-order valence-corrected chi connectivity index (χ3v) is 5.88. The van der Waals surface area contributed by atoms with E-state index < -0.39 is 0 Å². The quantitative estimate of drug-likeness (QED) is 0.693. The van der Waals surface area contributed by atoms with E-state index in [-0.39, 0.29) is 12.1 Å². The summed E-state index contributed by atoms with van der Waals surface area (Å²) in [6.45, 7) is 2.92. The van der Waals surface area contributed by atoms with Gasteiger partial charge in [0, 0.05) is 6.04 Å². The highest BCUT2D eigenvalue weighted by atomic mass is 16.5. The first kappa shape index (κ1) is 19.9.